The molecule has 1 heterocycles. The SMILES string of the molecule is CC(CO)CNC(=O)C1NCC2CCCC21. The van der Waals surface area contributed by atoms with E-state index in [0.29, 0.717) is 18.4 Å². The molecule has 1 saturated carbocycles. The number of aliphatic hydroxyl groups is 1. The molecule has 0 aromatic rings. The van der Waals surface area contributed by atoms with Crippen LogP contribution in [0.25, 0.3) is 0 Å². The number of hydrogen-bond donors (Lipinski definition) is 3. The van der Waals surface area contributed by atoms with Gasteiger partial charge in [-0.05, 0) is 37.1 Å². The maximum Gasteiger partial charge on any atom is 0.237 e. The van der Waals surface area contributed by atoms with Crippen molar-refractivity contribution in [1.29, 1.82) is 0 Å². The predicted molar refractivity (Wildman–Crippen MR) is 61.9 cm³/mol. The van der Waals surface area contributed by atoms with Crippen LogP contribution in [0.2, 0.25) is 0 Å². The van der Waals surface area contributed by atoms with Crippen molar-refractivity contribution in [2.24, 2.45) is 17.8 Å². The number of carbonyl (C=O) groups excluding carboxylic acids is 1. The van der Waals surface area contributed by atoms with Crippen LogP contribution in [0.3, 0.4) is 0 Å². The summed E-state index contributed by atoms with van der Waals surface area (Å²) in [5.74, 6) is 1.52. The highest BCUT2D eigenvalue weighted by Crippen LogP contribution is 2.37. The lowest BCUT2D eigenvalue weighted by molar-refractivity contribution is -0.124. The normalized spacial score (nSPS) is 34.8. The minimum absolute atomic E-state index is 0.0124. The van der Waals surface area contributed by atoms with Gasteiger partial charge in [0.05, 0.1) is 6.04 Å². The Kier molecular flexibility index (Phi) is 3.82. The Morgan fingerprint density at radius 1 is 1.56 bits per heavy atom. The Labute approximate surface area is 96.8 Å². The molecule has 3 N–H and O–H groups in total. The second-order valence-corrected chi connectivity index (χ2v) is 5.27. The maximum atomic E-state index is 12.0. The van der Waals surface area contributed by atoms with Crippen LogP contribution in [0.1, 0.15) is 26.2 Å². The minimum Gasteiger partial charge on any atom is -0.396 e. The highest BCUT2D eigenvalue weighted by Gasteiger charge is 2.42. The van der Waals surface area contributed by atoms with Crippen molar-refractivity contribution in [2.75, 3.05) is 19.7 Å². The van der Waals surface area contributed by atoms with Gasteiger partial charge >= 0.3 is 0 Å². The summed E-state index contributed by atoms with van der Waals surface area (Å²) < 4.78 is 0. The van der Waals surface area contributed by atoms with E-state index in [1.54, 1.807) is 0 Å². The van der Waals surface area contributed by atoms with Crippen LogP contribution in [-0.4, -0.2) is 36.8 Å². The van der Waals surface area contributed by atoms with Crippen molar-refractivity contribution in [3.63, 3.8) is 0 Å². The molecule has 1 aliphatic heterocycles. The fraction of sp³-hybridized carbons (Fsp3) is 0.917. The summed E-state index contributed by atoms with van der Waals surface area (Å²) in [6.07, 6.45) is 3.73. The van der Waals surface area contributed by atoms with Crippen LogP contribution in [-0.2, 0) is 4.79 Å². The van der Waals surface area contributed by atoms with Gasteiger partial charge in [-0.3, -0.25) is 4.79 Å². The number of carbonyl (C=O) groups is 1. The smallest absolute Gasteiger partial charge is 0.237 e. The van der Waals surface area contributed by atoms with Crippen molar-refractivity contribution >= 4 is 5.91 Å². The van der Waals surface area contributed by atoms with Crippen molar-refractivity contribution in [2.45, 2.75) is 32.2 Å². The van der Waals surface area contributed by atoms with E-state index in [1.165, 1.54) is 19.3 Å². The molecule has 2 aliphatic rings. The lowest BCUT2D eigenvalue weighted by Crippen LogP contribution is -2.45. The first-order valence-electron chi connectivity index (χ1n) is 6.34. The van der Waals surface area contributed by atoms with Crippen LogP contribution in [0.15, 0.2) is 0 Å². The monoisotopic (exact) mass is 226 g/mol. The van der Waals surface area contributed by atoms with E-state index in [0.717, 1.165) is 6.54 Å². The fourth-order valence-electron chi connectivity index (χ4n) is 2.92. The minimum atomic E-state index is 0.0124. The summed E-state index contributed by atoms with van der Waals surface area (Å²) in [5.41, 5.74) is 0. The topological polar surface area (TPSA) is 61.4 Å². The number of nitrogens with one attached hydrogen (secondary N) is 2. The average Bonchev–Trinajstić information content (AvgIpc) is 2.86. The molecule has 0 bridgehead atoms. The third-order valence-corrected chi connectivity index (χ3v) is 3.96. The molecule has 4 unspecified atom stereocenters. The standard InChI is InChI=1S/C12H22N2O2/c1-8(7-15)5-14-12(16)11-10-4-2-3-9(10)6-13-11/h8-11,13,15H,2-7H2,1H3,(H,14,16). The Bertz CT molecular complexity index is 257. The third kappa shape index (κ3) is 2.38. The number of amides is 1. The van der Waals surface area contributed by atoms with E-state index >= 15 is 0 Å². The van der Waals surface area contributed by atoms with Crippen LogP contribution in [0, 0.1) is 17.8 Å². The molecule has 1 saturated heterocycles. The van der Waals surface area contributed by atoms with Gasteiger partial charge in [-0.15, -0.1) is 0 Å². The molecule has 2 fully saturated rings. The first kappa shape index (κ1) is 11.9. The highest BCUT2D eigenvalue weighted by molar-refractivity contribution is 5.82. The predicted octanol–water partition coefficient (Wildman–Crippen LogP) is 0.119. The van der Waals surface area contributed by atoms with Gasteiger partial charge in [0.2, 0.25) is 5.91 Å². The molecular formula is C12H22N2O2. The highest BCUT2D eigenvalue weighted by atomic mass is 16.3. The number of aliphatic hydroxyl groups excluding tert-OH is 1. The van der Waals surface area contributed by atoms with Gasteiger partial charge in [0.15, 0.2) is 0 Å². The van der Waals surface area contributed by atoms with E-state index in [1.807, 2.05) is 6.92 Å². The average molecular weight is 226 g/mol. The Morgan fingerprint density at radius 3 is 3.12 bits per heavy atom. The van der Waals surface area contributed by atoms with Gasteiger partial charge in [-0.2, -0.15) is 0 Å². The Morgan fingerprint density at radius 2 is 2.38 bits per heavy atom. The first-order chi connectivity index (χ1) is 7.72. The zero-order valence-corrected chi connectivity index (χ0v) is 9.91. The van der Waals surface area contributed by atoms with Gasteiger partial charge in [-0.25, -0.2) is 0 Å². The molecule has 0 spiro atoms. The summed E-state index contributed by atoms with van der Waals surface area (Å²) in [7, 11) is 0. The molecule has 4 atom stereocenters. The summed E-state index contributed by atoms with van der Waals surface area (Å²) in [6.45, 7) is 3.63. The van der Waals surface area contributed by atoms with E-state index < -0.39 is 0 Å². The molecule has 0 aromatic carbocycles. The lowest BCUT2D eigenvalue weighted by atomic mass is 9.93. The molecule has 2 rings (SSSR count). The number of fused-ring (bicyclic) bond motifs is 1. The van der Waals surface area contributed by atoms with Crippen LogP contribution < -0.4 is 10.6 Å². The van der Waals surface area contributed by atoms with Crippen LogP contribution >= 0.6 is 0 Å². The zero-order chi connectivity index (χ0) is 11.5. The number of rotatable bonds is 4. The van der Waals surface area contributed by atoms with Gasteiger partial charge in [0.25, 0.3) is 0 Å². The third-order valence-electron chi connectivity index (χ3n) is 3.96. The van der Waals surface area contributed by atoms with E-state index in [-0.39, 0.29) is 24.5 Å². The molecule has 0 radical (unpaired) electrons. The fourth-order valence-corrected chi connectivity index (χ4v) is 2.92. The molecule has 4 heteroatoms. The first-order valence-corrected chi connectivity index (χ1v) is 6.34. The molecule has 1 amide bonds. The largest absolute Gasteiger partial charge is 0.396 e. The maximum absolute atomic E-state index is 12.0. The second-order valence-electron chi connectivity index (χ2n) is 5.27. The van der Waals surface area contributed by atoms with Crippen molar-refractivity contribution < 1.29 is 9.90 Å². The number of hydrogen-bond acceptors (Lipinski definition) is 3. The van der Waals surface area contributed by atoms with E-state index in [4.69, 9.17) is 5.11 Å². The Hall–Kier alpha value is -0.610. The van der Waals surface area contributed by atoms with E-state index in [9.17, 15) is 4.79 Å². The second kappa shape index (κ2) is 5.15. The molecule has 16 heavy (non-hydrogen) atoms. The molecule has 1 aliphatic carbocycles. The van der Waals surface area contributed by atoms with Crippen LogP contribution in [0.5, 0.6) is 0 Å². The lowest BCUT2D eigenvalue weighted by Gasteiger charge is -2.18. The van der Waals surface area contributed by atoms with E-state index in [2.05, 4.69) is 10.6 Å². The summed E-state index contributed by atoms with van der Waals surface area (Å²) >= 11 is 0. The molecule has 4 nitrogen and oxygen atoms in total. The van der Waals surface area contributed by atoms with Gasteiger partial charge in [0, 0.05) is 13.2 Å². The van der Waals surface area contributed by atoms with Crippen LogP contribution in [0.4, 0.5) is 0 Å². The van der Waals surface area contributed by atoms with Crippen molar-refractivity contribution in [3.8, 4) is 0 Å². The molecular weight excluding hydrogens is 204 g/mol. The molecule has 92 valence electrons. The van der Waals surface area contributed by atoms with Crippen molar-refractivity contribution in [3.05, 3.63) is 0 Å². The zero-order valence-electron chi connectivity index (χ0n) is 9.91. The summed E-state index contributed by atoms with van der Waals surface area (Å²) in [5, 5.41) is 15.1. The summed E-state index contributed by atoms with van der Waals surface area (Å²) in [6, 6.07) is 0.0124. The molecule has 0 aromatic heterocycles. The Balaban J connectivity index is 1.81. The van der Waals surface area contributed by atoms with Gasteiger partial charge in [0.1, 0.15) is 0 Å². The quantitative estimate of drug-likeness (QED) is 0.638. The van der Waals surface area contributed by atoms with Crippen molar-refractivity contribution in [1.82, 2.24) is 10.6 Å². The van der Waals surface area contributed by atoms with Gasteiger partial charge in [-0.1, -0.05) is 13.3 Å². The van der Waals surface area contributed by atoms with Gasteiger partial charge < -0.3 is 15.7 Å². The summed E-state index contributed by atoms with van der Waals surface area (Å²) in [4.78, 5) is 12.0.